The first-order valence-electron chi connectivity index (χ1n) is 6.35. The van der Waals surface area contributed by atoms with Gasteiger partial charge in [0.05, 0.1) is 10.5 Å². The topological polar surface area (TPSA) is 77.3 Å². The van der Waals surface area contributed by atoms with Crippen molar-refractivity contribution in [2.75, 3.05) is 0 Å². The molecule has 0 heterocycles. The highest BCUT2D eigenvalue weighted by atomic mass is 35.5. The molecule has 0 spiro atoms. The maximum Gasteiger partial charge on any atom is 0.277 e. The van der Waals surface area contributed by atoms with E-state index >= 15 is 0 Å². The lowest BCUT2D eigenvalue weighted by atomic mass is 10.1. The summed E-state index contributed by atoms with van der Waals surface area (Å²) in [7, 11) is 0. The Hall–Kier alpha value is -2.50. The molecule has 0 saturated carbocycles. The first kappa shape index (κ1) is 16.9. The highest BCUT2D eigenvalue weighted by molar-refractivity contribution is 6.68. The Labute approximate surface area is 141 Å². The van der Waals surface area contributed by atoms with Crippen LogP contribution in [0.1, 0.15) is 31.8 Å². The van der Waals surface area contributed by atoms with Gasteiger partial charge in [-0.1, -0.05) is 18.2 Å². The van der Waals surface area contributed by atoms with Crippen LogP contribution < -0.4 is 0 Å². The minimum absolute atomic E-state index is 0.0560. The average Bonchev–Trinajstić information content (AvgIpc) is 2.52. The van der Waals surface area contributed by atoms with Gasteiger partial charge in [-0.25, -0.2) is 0 Å². The van der Waals surface area contributed by atoms with Crippen molar-refractivity contribution in [1.82, 2.24) is 0 Å². The van der Waals surface area contributed by atoms with Gasteiger partial charge < -0.3 is 0 Å². The number of carbonyl (C=O) groups excluding carboxylic acids is 2. The standard InChI is InChI=1S/C16H9Cl2NO4/c17-15(20)12-5-2-10(3-6-12)1-4-11-7-8-13(16(18)21)9-14(11)19(22)23/h1-9H. The molecule has 0 N–H and O–H groups in total. The van der Waals surface area contributed by atoms with Crippen molar-refractivity contribution in [3.8, 4) is 0 Å². The number of nitro groups is 1. The number of carbonyl (C=O) groups is 2. The third-order valence-electron chi connectivity index (χ3n) is 3.05. The van der Waals surface area contributed by atoms with Crippen molar-refractivity contribution in [3.63, 3.8) is 0 Å². The minimum Gasteiger partial charge on any atom is -0.276 e. The van der Waals surface area contributed by atoms with Gasteiger partial charge in [-0.05, 0) is 59.1 Å². The summed E-state index contributed by atoms with van der Waals surface area (Å²) < 4.78 is 0. The third-order valence-corrected chi connectivity index (χ3v) is 3.48. The fourth-order valence-corrected chi connectivity index (χ4v) is 2.12. The molecule has 0 unspecified atom stereocenters. The molecule has 0 atom stereocenters. The molecule has 116 valence electrons. The second-order valence-corrected chi connectivity index (χ2v) is 5.22. The zero-order chi connectivity index (χ0) is 17.0. The number of rotatable bonds is 5. The summed E-state index contributed by atoms with van der Waals surface area (Å²) in [6.07, 6.45) is 3.19. The van der Waals surface area contributed by atoms with E-state index in [2.05, 4.69) is 0 Å². The van der Waals surface area contributed by atoms with Crippen LogP contribution in [0.2, 0.25) is 0 Å². The van der Waals surface area contributed by atoms with Crippen molar-refractivity contribution >= 4 is 51.5 Å². The molecule has 2 aromatic carbocycles. The smallest absolute Gasteiger partial charge is 0.276 e. The van der Waals surface area contributed by atoms with E-state index in [0.29, 0.717) is 11.1 Å². The van der Waals surface area contributed by atoms with E-state index in [1.165, 1.54) is 18.2 Å². The molecule has 0 saturated heterocycles. The number of benzene rings is 2. The predicted octanol–water partition coefficient (Wildman–Crippen LogP) is 4.52. The van der Waals surface area contributed by atoms with Crippen LogP contribution >= 0.6 is 23.2 Å². The van der Waals surface area contributed by atoms with Crippen molar-refractivity contribution in [1.29, 1.82) is 0 Å². The molecule has 0 aliphatic heterocycles. The number of halogens is 2. The molecular weight excluding hydrogens is 341 g/mol. The monoisotopic (exact) mass is 349 g/mol. The van der Waals surface area contributed by atoms with Crippen LogP contribution in [-0.2, 0) is 0 Å². The summed E-state index contributed by atoms with van der Waals surface area (Å²) in [6.45, 7) is 0. The molecule has 0 aromatic heterocycles. The lowest BCUT2D eigenvalue weighted by molar-refractivity contribution is -0.385. The second kappa shape index (κ2) is 7.17. The van der Waals surface area contributed by atoms with Gasteiger partial charge in [0.1, 0.15) is 0 Å². The van der Waals surface area contributed by atoms with E-state index in [-0.39, 0.29) is 11.3 Å². The summed E-state index contributed by atoms with van der Waals surface area (Å²) in [5.74, 6) is 0. The quantitative estimate of drug-likeness (QED) is 0.344. The van der Waals surface area contributed by atoms with Crippen molar-refractivity contribution in [2.45, 2.75) is 0 Å². The summed E-state index contributed by atoms with van der Waals surface area (Å²) >= 11 is 10.7. The van der Waals surface area contributed by atoms with Crippen LogP contribution in [0.5, 0.6) is 0 Å². The maximum absolute atomic E-state index is 11.1. The number of hydrogen-bond acceptors (Lipinski definition) is 4. The van der Waals surface area contributed by atoms with Crippen molar-refractivity contribution in [2.24, 2.45) is 0 Å². The molecule has 0 fully saturated rings. The van der Waals surface area contributed by atoms with Gasteiger partial charge in [0.15, 0.2) is 0 Å². The summed E-state index contributed by atoms with van der Waals surface area (Å²) in [4.78, 5) is 32.6. The van der Waals surface area contributed by atoms with Crippen LogP contribution in [0, 0.1) is 10.1 Å². The first-order valence-corrected chi connectivity index (χ1v) is 7.10. The lowest BCUT2D eigenvalue weighted by Gasteiger charge is -2.00. The Bertz CT molecular complexity index is 813. The molecule has 0 aliphatic carbocycles. The zero-order valence-corrected chi connectivity index (χ0v) is 13.0. The Morgan fingerprint density at radius 2 is 1.48 bits per heavy atom. The Balaban J connectivity index is 2.33. The molecule has 23 heavy (non-hydrogen) atoms. The predicted molar refractivity (Wildman–Crippen MR) is 88.8 cm³/mol. The SMILES string of the molecule is O=C(Cl)c1ccc(C=Cc2ccc(C(=O)Cl)cc2[N+](=O)[O-])cc1. The summed E-state index contributed by atoms with van der Waals surface area (Å²) in [5, 5.41) is 9.78. The lowest BCUT2D eigenvalue weighted by Crippen LogP contribution is -1.96. The minimum atomic E-state index is -0.759. The van der Waals surface area contributed by atoms with E-state index in [1.54, 1.807) is 30.3 Å². The van der Waals surface area contributed by atoms with Gasteiger partial charge in [-0.15, -0.1) is 0 Å². The first-order chi connectivity index (χ1) is 10.9. The van der Waals surface area contributed by atoms with Gasteiger partial charge >= 0.3 is 0 Å². The molecule has 0 radical (unpaired) electrons. The van der Waals surface area contributed by atoms with Gasteiger partial charge in [0, 0.05) is 17.2 Å². The van der Waals surface area contributed by atoms with E-state index in [4.69, 9.17) is 23.2 Å². The fraction of sp³-hybridized carbons (Fsp3) is 0. The highest BCUT2D eigenvalue weighted by Crippen LogP contribution is 2.23. The highest BCUT2D eigenvalue weighted by Gasteiger charge is 2.15. The number of hydrogen-bond donors (Lipinski definition) is 0. The van der Waals surface area contributed by atoms with Gasteiger partial charge in [-0.2, -0.15) is 0 Å². The second-order valence-electron chi connectivity index (χ2n) is 4.53. The van der Waals surface area contributed by atoms with Crippen LogP contribution in [0.3, 0.4) is 0 Å². The van der Waals surface area contributed by atoms with Crippen molar-refractivity contribution < 1.29 is 14.5 Å². The van der Waals surface area contributed by atoms with E-state index in [1.807, 2.05) is 0 Å². The Morgan fingerprint density at radius 1 is 0.913 bits per heavy atom. The van der Waals surface area contributed by atoms with Crippen LogP contribution in [-0.4, -0.2) is 15.4 Å². The molecular formula is C16H9Cl2NO4. The molecule has 7 heteroatoms. The maximum atomic E-state index is 11.1. The van der Waals surface area contributed by atoms with Gasteiger partial charge in [-0.3, -0.25) is 19.7 Å². The Morgan fingerprint density at radius 3 is 2.00 bits per heavy atom. The van der Waals surface area contributed by atoms with Gasteiger partial charge in [0.25, 0.3) is 16.2 Å². The third kappa shape index (κ3) is 4.25. The molecule has 0 aliphatic rings. The van der Waals surface area contributed by atoms with E-state index in [9.17, 15) is 19.7 Å². The molecule has 2 rings (SSSR count). The number of nitro benzene ring substituents is 1. The fourth-order valence-electron chi connectivity index (χ4n) is 1.88. The molecule has 0 bridgehead atoms. The van der Waals surface area contributed by atoms with E-state index in [0.717, 1.165) is 11.6 Å². The molecule has 5 nitrogen and oxygen atoms in total. The Kier molecular flexibility index (Phi) is 5.26. The number of nitrogens with zero attached hydrogens (tertiary/aromatic N) is 1. The van der Waals surface area contributed by atoms with E-state index < -0.39 is 15.4 Å². The summed E-state index contributed by atoms with van der Waals surface area (Å²) in [6, 6.07) is 10.4. The van der Waals surface area contributed by atoms with Crippen LogP contribution in [0.4, 0.5) is 5.69 Å². The average molecular weight is 350 g/mol. The molecule has 2 aromatic rings. The van der Waals surface area contributed by atoms with Gasteiger partial charge in [0.2, 0.25) is 0 Å². The van der Waals surface area contributed by atoms with Crippen LogP contribution in [0.25, 0.3) is 12.2 Å². The largest absolute Gasteiger partial charge is 0.277 e. The van der Waals surface area contributed by atoms with Crippen molar-refractivity contribution in [3.05, 3.63) is 74.8 Å². The van der Waals surface area contributed by atoms with Crippen LogP contribution in [0.15, 0.2) is 42.5 Å². The normalized spacial score (nSPS) is 10.7. The molecule has 0 amide bonds. The zero-order valence-electron chi connectivity index (χ0n) is 11.5. The summed E-state index contributed by atoms with van der Waals surface area (Å²) in [5.41, 5.74) is 1.26.